The molecule has 178 valence electrons. The van der Waals surface area contributed by atoms with Gasteiger partial charge in [0.25, 0.3) is 21.5 Å². The van der Waals surface area contributed by atoms with Crippen molar-refractivity contribution in [2.45, 2.75) is 36.9 Å². The Morgan fingerprint density at radius 1 is 1.15 bits per heavy atom. The van der Waals surface area contributed by atoms with Crippen LogP contribution in [0.3, 0.4) is 0 Å². The van der Waals surface area contributed by atoms with Crippen LogP contribution in [0.25, 0.3) is 0 Å². The van der Waals surface area contributed by atoms with Gasteiger partial charge >= 0.3 is 12.1 Å². The van der Waals surface area contributed by atoms with Gasteiger partial charge in [-0.3, -0.25) is 24.4 Å². The van der Waals surface area contributed by atoms with Crippen molar-refractivity contribution in [1.82, 2.24) is 0 Å². The molecule has 2 N–H and O–H groups in total. The fourth-order valence-electron chi connectivity index (χ4n) is 2.67. The Morgan fingerprint density at radius 2 is 1.79 bits per heavy atom. The number of carbonyl (C=O) groups excluding carboxylic acids is 2. The number of nitro groups is 1. The van der Waals surface area contributed by atoms with Crippen molar-refractivity contribution in [2.75, 3.05) is 4.72 Å². The van der Waals surface area contributed by atoms with Crippen molar-refractivity contribution in [2.24, 2.45) is 0 Å². The third kappa shape index (κ3) is 6.19. The molecule has 0 fully saturated rings. The number of anilines is 1. The smallest absolute Gasteiger partial charge is 0.451 e. The number of nitrogens with zero attached hydrogens (tertiary/aromatic N) is 1. The number of nitro benzene ring substituents is 1. The number of rotatable bonds is 8. The molecule has 0 aromatic heterocycles. The van der Waals surface area contributed by atoms with Gasteiger partial charge in [-0.25, -0.2) is 8.42 Å². The molecule has 33 heavy (non-hydrogen) atoms. The summed E-state index contributed by atoms with van der Waals surface area (Å²) in [6.07, 6.45) is -6.36. The number of hydrogen-bond donors (Lipinski definition) is 2. The van der Waals surface area contributed by atoms with Crippen molar-refractivity contribution in [3.05, 3.63) is 58.1 Å². The van der Waals surface area contributed by atoms with E-state index in [1.165, 1.54) is 13.8 Å². The third-order valence-corrected chi connectivity index (χ3v) is 5.44. The van der Waals surface area contributed by atoms with Crippen molar-refractivity contribution in [3.8, 4) is 5.75 Å². The fourth-order valence-corrected chi connectivity index (χ4v) is 3.76. The maximum atomic E-state index is 13.1. The van der Waals surface area contributed by atoms with E-state index in [0.717, 1.165) is 36.4 Å². The lowest BCUT2D eigenvalue weighted by atomic mass is 9.93. The molecule has 0 heterocycles. The maximum absolute atomic E-state index is 13.1. The Bertz CT molecular complexity index is 1200. The summed E-state index contributed by atoms with van der Waals surface area (Å²) in [6.45, 7) is 2.66. The third-order valence-electron chi connectivity index (χ3n) is 4.06. The molecular formula is C19H17F3N2O8S. The molecule has 14 heteroatoms. The van der Waals surface area contributed by atoms with Crippen molar-refractivity contribution in [3.63, 3.8) is 0 Å². The van der Waals surface area contributed by atoms with Crippen LogP contribution in [-0.2, 0) is 24.3 Å². The molecule has 2 aromatic carbocycles. The van der Waals surface area contributed by atoms with Gasteiger partial charge in [-0.15, -0.1) is 0 Å². The van der Waals surface area contributed by atoms with Crippen LogP contribution >= 0.6 is 0 Å². The summed E-state index contributed by atoms with van der Waals surface area (Å²) in [5.41, 5.74) is -1.80. The number of carbonyl (C=O) groups is 2. The first-order chi connectivity index (χ1) is 15.1. The molecule has 10 nitrogen and oxygen atoms in total. The highest BCUT2D eigenvalue weighted by atomic mass is 32.2. The predicted molar refractivity (Wildman–Crippen MR) is 107 cm³/mol. The van der Waals surface area contributed by atoms with Gasteiger partial charge in [0.05, 0.1) is 15.9 Å². The van der Waals surface area contributed by atoms with Gasteiger partial charge in [-0.05, 0) is 38.1 Å². The summed E-state index contributed by atoms with van der Waals surface area (Å²) in [5.74, 6) is -7.63. The molecule has 0 spiro atoms. The second-order valence-electron chi connectivity index (χ2n) is 6.91. The van der Waals surface area contributed by atoms with Crippen molar-refractivity contribution in [1.29, 1.82) is 0 Å². The Morgan fingerprint density at radius 3 is 2.33 bits per heavy atom. The van der Waals surface area contributed by atoms with E-state index in [1.54, 1.807) is 0 Å². The van der Waals surface area contributed by atoms with E-state index in [4.69, 9.17) is 4.74 Å². The van der Waals surface area contributed by atoms with Gasteiger partial charge in [-0.2, -0.15) is 13.2 Å². The topological polar surface area (TPSA) is 153 Å². The molecule has 0 radical (unpaired) electrons. The zero-order valence-corrected chi connectivity index (χ0v) is 17.8. The minimum Gasteiger partial charge on any atom is -0.508 e. The number of hydrogen-bond acceptors (Lipinski definition) is 8. The summed E-state index contributed by atoms with van der Waals surface area (Å²) in [4.78, 5) is 33.7. The van der Waals surface area contributed by atoms with E-state index in [2.05, 4.69) is 0 Å². The highest BCUT2D eigenvalue weighted by molar-refractivity contribution is 7.92. The van der Waals surface area contributed by atoms with E-state index < -0.39 is 72.5 Å². The average Bonchev–Trinajstić information content (AvgIpc) is 2.69. The number of halogens is 3. The summed E-state index contributed by atoms with van der Waals surface area (Å²) >= 11 is 0. The van der Waals surface area contributed by atoms with Crippen molar-refractivity contribution < 1.29 is 45.9 Å². The largest absolute Gasteiger partial charge is 0.508 e. The van der Waals surface area contributed by atoms with Gasteiger partial charge < -0.3 is 9.84 Å². The number of phenolic OH excluding ortho intramolecular Hbond substituents is 1. The average molecular weight is 490 g/mol. The zero-order chi connectivity index (χ0) is 25.1. The lowest BCUT2D eigenvalue weighted by Gasteiger charge is -2.20. The number of Topliss-reactive ketones (excluding diaryl/α,β-unsaturated/α-hetero) is 1. The number of alkyl halides is 3. The fraction of sp³-hybridized carbons (Fsp3) is 0.263. The van der Waals surface area contributed by atoms with Crippen LogP contribution in [0.15, 0.2) is 47.4 Å². The van der Waals surface area contributed by atoms with E-state index >= 15 is 0 Å². The van der Waals surface area contributed by atoms with Crippen LogP contribution in [0.2, 0.25) is 0 Å². The highest BCUT2D eigenvalue weighted by Crippen LogP contribution is 2.36. The summed E-state index contributed by atoms with van der Waals surface area (Å²) in [5, 5.41) is 20.9. The number of ether oxygens (including phenoxy) is 1. The number of nitrogens with one attached hydrogen (secondary N) is 1. The predicted octanol–water partition coefficient (Wildman–Crippen LogP) is 3.27. The molecule has 0 amide bonds. The van der Waals surface area contributed by atoms with Gasteiger partial charge in [-0.1, -0.05) is 6.07 Å². The summed E-state index contributed by atoms with van der Waals surface area (Å²) in [6, 6.07) is 6.34. The van der Waals surface area contributed by atoms with E-state index in [1.807, 2.05) is 4.72 Å². The number of benzene rings is 2. The van der Waals surface area contributed by atoms with E-state index in [9.17, 15) is 46.4 Å². The lowest BCUT2D eigenvalue weighted by Crippen LogP contribution is -2.35. The standard InChI is InChI=1S/C19H17F3N2O8S/c1-10(2)32-18(27)16(17(26)19(20,21)22)14-8-11(6-7-15(14)25)23-33(30,31)13-5-3-4-12(9-13)24(28)29/h3-10,16,23,25H,1-2H3/t16-/m1/s1. The number of non-ortho nitro benzene ring substituents is 1. The Balaban J connectivity index is 2.52. The molecule has 0 saturated heterocycles. The van der Waals surface area contributed by atoms with Crippen LogP contribution in [-0.4, -0.2) is 42.5 Å². The summed E-state index contributed by atoms with van der Waals surface area (Å²) < 4.78 is 71.2. The molecule has 2 aromatic rings. The number of esters is 1. The first-order valence-electron chi connectivity index (χ1n) is 9.05. The van der Waals surface area contributed by atoms with Crippen LogP contribution < -0.4 is 4.72 Å². The Hall–Kier alpha value is -3.68. The first-order valence-corrected chi connectivity index (χ1v) is 10.5. The number of ketones is 1. The van der Waals surface area contributed by atoms with Crippen LogP contribution in [0.1, 0.15) is 25.3 Å². The number of phenols is 1. The molecule has 0 aliphatic rings. The Kier molecular flexibility index (Phi) is 7.32. The van der Waals surface area contributed by atoms with Gasteiger partial charge in [0.15, 0.2) is 5.92 Å². The normalized spacial score (nSPS) is 12.8. The van der Waals surface area contributed by atoms with E-state index in [0.29, 0.717) is 6.07 Å². The van der Waals surface area contributed by atoms with Crippen LogP contribution in [0.5, 0.6) is 5.75 Å². The number of aromatic hydroxyl groups is 1. The van der Waals surface area contributed by atoms with Gasteiger partial charge in [0, 0.05) is 23.4 Å². The number of sulfonamides is 1. The maximum Gasteiger partial charge on any atom is 0.451 e. The van der Waals surface area contributed by atoms with Crippen LogP contribution in [0, 0.1) is 10.1 Å². The minimum absolute atomic E-state index is 0.424. The molecule has 2 rings (SSSR count). The molecule has 0 aliphatic heterocycles. The molecule has 0 unspecified atom stereocenters. The van der Waals surface area contributed by atoms with Crippen molar-refractivity contribution >= 4 is 33.2 Å². The second-order valence-corrected chi connectivity index (χ2v) is 8.60. The molecular weight excluding hydrogens is 473 g/mol. The van der Waals surface area contributed by atoms with Gasteiger partial charge in [0.2, 0.25) is 0 Å². The first kappa shape index (κ1) is 25.6. The SMILES string of the molecule is CC(C)OC(=O)[C@@H](C(=O)C(F)(F)F)c1cc(NS(=O)(=O)c2cccc([N+](=O)[O-])c2)ccc1O. The highest BCUT2D eigenvalue weighted by Gasteiger charge is 2.48. The summed E-state index contributed by atoms with van der Waals surface area (Å²) in [7, 11) is -4.47. The molecule has 0 bridgehead atoms. The lowest BCUT2D eigenvalue weighted by molar-refractivity contribution is -0.385. The van der Waals surface area contributed by atoms with Gasteiger partial charge in [0.1, 0.15) is 5.75 Å². The van der Waals surface area contributed by atoms with E-state index in [-0.39, 0.29) is 0 Å². The monoisotopic (exact) mass is 490 g/mol. The Labute approximate surface area is 185 Å². The second kappa shape index (κ2) is 9.44. The minimum atomic E-state index is -5.47. The quantitative estimate of drug-likeness (QED) is 0.188. The molecule has 0 saturated carbocycles. The molecule has 0 aliphatic carbocycles. The molecule has 1 atom stereocenters. The van der Waals surface area contributed by atoms with Crippen LogP contribution in [0.4, 0.5) is 24.5 Å². The zero-order valence-electron chi connectivity index (χ0n) is 17.0.